The van der Waals surface area contributed by atoms with E-state index in [9.17, 15) is 9.59 Å². The van der Waals surface area contributed by atoms with E-state index in [-0.39, 0.29) is 11.7 Å². The molecule has 3 rings (SSSR count). The third-order valence-electron chi connectivity index (χ3n) is 3.95. The smallest absolute Gasteiger partial charge is 0.242 e. The molecular formula is C15H15ClN4O2. The van der Waals surface area contributed by atoms with Gasteiger partial charge >= 0.3 is 0 Å². The number of amides is 1. The van der Waals surface area contributed by atoms with Gasteiger partial charge in [0.05, 0.1) is 0 Å². The number of benzene rings is 1. The van der Waals surface area contributed by atoms with Crippen LogP contribution < -0.4 is 4.90 Å². The fourth-order valence-electron chi connectivity index (χ4n) is 2.67. The molecule has 1 atom stereocenters. The first-order chi connectivity index (χ1) is 10.3. The van der Waals surface area contributed by atoms with Gasteiger partial charge < -0.3 is 0 Å². The number of anilines is 1. The third kappa shape index (κ3) is 2.02. The Kier molecular flexibility index (Phi) is 3.29. The number of carbonyl (C=O) groups excluding carboxylic acids is 2. The monoisotopic (exact) mass is 318 g/mol. The Labute approximate surface area is 132 Å². The van der Waals surface area contributed by atoms with Crippen LogP contribution in [0.5, 0.6) is 0 Å². The van der Waals surface area contributed by atoms with Crippen LogP contribution in [0.1, 0.15) is 25.6 Å². The van der Waals surface area contributed by atoms with Crippen LogP contribution in [-0.2, 0) is 9.59 Å². The lowest BCUT2D eigenvalue weighted by molar-refractivity contribution is -0.133. The minimum absolute atomic E-state index is 0.211. The first kappa shape index (κ1) is 14.7. The van der Waals surface area contributed by atoms with E-state index in [0.29, 0.717) is 10.7 Å². The van der Waals surface area contributed by atoms with Gasteiger partial charge in [-0.3, -0.25) is 14.5 Å². The van der Waals surface area contributed by atoms with Gasteiger partial charge in [-0.25, -0.2) is 9.67 Å². The number of nitrogens with zero attached hydrogens (tertiary/aromatic N) is 4. The number of aryl methyl sites for hydroxylation is 1. The second-order valence-corrected chi connectivity index (χ2v) is 6.28. The van der Waals surface area contributed by atoms with Gasteiger partial charge in [0.25, 0.3) is 0 Å². The fraction of sp³-hybridized carbons (Fsp3) is 0.333. The Morgan fingerprint density at radius 1 is 1.27 bits per heavy atom. The van der Waals surface area contributed by atoms with Crippen LogP contribution in [-0.4, -0.2) is 26.5 Å². The summed E-state index contributed by atoms with van der Waals surface area (Å²) in [5, 5.41) is 4.62. The van der Waals surface area contributed by atoms with Crippen molar-refractivity contribution in [3.05, 3.63) is 41.4 Å². The molecule has 7 heteroatoms. The first-order valence-electron chi connectivity index (χ1n) is 6.82. The number of aromatic nitrogens is 3. The normalized spacial score (nSPS) is 20.7. The quantitative estimate of drug-likeness (QED) is 0.797. The second kappa shape index (κ2) is 4.91. The van der Waals surface area contributed by atoms with E-state index in [2.05, 4.69) is 10.1 Å². The molecule has 1 aromatic carbocycles. The molecule has 0 spiro atoms. The fourth-order valence-corrected chi connectivity index (χ4v) is 2.90. The predicted octanol–water partition coefficient (Wildman–Crippen LogP) is 2.38. The van der Waals surface area contributed by atoms with Gasteiger partial charge in [-0.15, -0.1) is 0 Å². The summed E-state index contributed by atoms with van der Waals surface area (Å²) < 4.78 is 1.41. The van der Waals surface area contributed by atoms with Crippen molar-refractivity contribution in [2.24, 2.45) is 5.41 Å². The Balaban J connectivity index is 2.18. The first-order valence-corrected chi connectivity index (χ1v) is 7.20. The number of hydrogen-bond acceptors (Lipinski definition) is 4. The molecule has 2 aromatic rings. The zero-order valence-electron chi connectivity index (χ0n) is 12.4. The summed E-state index contributed by atoms with van der Waals surface area (Å²) in [4.78, 5) is 30.9. The van der Waals surface area contributed by atoms with E-state index in [1.165, 1.54) is 22.2 Å². The molecule has 0 bridgehead atoms. The van der Waals surface area contributed by atoms with E-state index < -0.39 is 11.6 Å². The van der Waals surface area contributed by atoms with Crippen LogP contribution in [0.2, 0.25) is 5.02 Å². The minimum Gasteiger partial charge on any atom is -0.294 e. The zero-order valence-corrected chi connectivity index (χ0v) is 13.2. The largest absolute Gasteiger partial charge is 0.294 e. The lowest BCUT2D eigenvalue weighted by Crippen LogP contribution is -2.34. The summed E-state index contributed by atoms with van der Waals surface area (Å²) >= 11 is 5.98. The Morgan fingerprint density at radius 2 is 2.00 bits per heavy atom. The van der Waals surface area contributed by atoms with Crippen LogP contribution >= 0.6 is 11.6 Å². The molecule has 0 aliphatic carbocycles. The molecule has 114 valence electrons. The molecule has 1 saturated heterocycles. The molecule has 0 saturated carbocycles. The SMILES string of the molecule is Cc1cc(Cl)ccc1N1C(=O)C(C)(C)C(=O)C1n1cncn1. The standard InChI is InChI=1S/C15H15ClN4O2/c1-9-6-10(16)4-5-11(9)20-13(19-8-17-7-18-19)12(21)15(2,3)14(20)22/h4-8,13H,1-3H3. The molecule has 2 heterocycles. The van der Waals surface area contributed by atoms with Gasteiger partial charge in [-0.1, -0.05) is 11.6 Å². The Hall–Kier alpha value is -2.21. The maximum Gasteiger partial charge on any atom is 0.242 e. The van der Waals surface area contributed by atoms with Gasteiger partial charge in [-0.2, -0.15) is 5.10 Å². The van der Waals surface area contributed by atoms with Crippen molar-refractivity contribution in [1.82, 2.24) is 14.8 Å². The lowest BCUT2D eigenvalue weighted by Gasteiger charge is -2.25. The van der Waals surface area contributed by atoms with E-state index >= 15 is 0 Å². The molecule has 1 unspecified atom stereocenters. The molecule has 1 amide bonds. The lowest BCUT2D eigenvalue weighted by atomic mass is 9.90. The molecular weight excluding hydrogens is 304 g/mol. The maximum atomic E-state index is 12.8. The van der Waals surface area contributed by atoms with E-state index in [0.717, 1.165) is 5.56 Å². The number of ketones is 1. The van der Waals surface area contributed by atoms with Crippen molar-refractivity contribution in [1.29, 1.82) is 0 Å². The highest BCUT2D eigenvalue weighted by molar-refractivity contribution is 6.30. The van der Waals surface area contributed by atoms with Gasteiger partial charge in [0.1, 0.15) is 18.1 Å². The van der Waals surface area contributed by atoms with Gasteiger partial charge in [0.15, 0.2) is 11.9 Å². The molecule has 1 aromatic heterocycles. The highest BCUT2D eigenvalue weighted by Crippen LogP contribution is 2.41. The van der Waals surface area contributed by atoms with Crippen LogP contribution in [0.4, 0.5) is 5.69 Å². The molecule has 6 nitrogen and oxygen atoms in total. The average molecular weight is 319 g/mol. The summed E-state index contributed by atoms with van der Waals surface area (Å²) in [6.07, 6.45) is 1.95. The van der Waals surface area contributed by atoms with Crippen LogP contribution in [0.25, 0.3) is 0 Å². The van der Waals surface area contributed by atoms with Crippen LogP contribution in [0.3, 0.4) is 0 Å². The van der Waals surface area contributed by atoms with E-state index in [1.807, 2.05) is 6.92 Å². The van der Waals surface area contributed by atoms with Crippen molar-refractivity contribution in [2.45, 2.75) is 26.9 Å². The highest BCUT2D eigenvalue weighted by Gasteiger charge is 2.55. The molecule has 1 aliphatic rings. The van der Waals surface area contributed by atoms with Crippen molar-refractivity contribution in [2.75, 3.05) is 4.90 Å². The number of carbonyl (C=O) groups is 2. The summed E-state index contributed by atoms with van der Waals surface area (Å²) in [5.41, 5.74) is 0.355. The number of halogens is 1. The van der Waals surface area contributed by atoms with Gasteiger partial charge in [-0.05, 0) is 44.5 Å². The second-order valence-electron chi connectivity index (χ2n) is 5.84. The van der Waals surface area contributed by atoms with Crippen molar-refractivity contribution < 1.29 is 9.59 Å². The molecule has 0 radical (unpaired) electrons. The Morgan fingerprint density at radius 3 is 2.59 bits per heavy atom. The van der Waals surface area contributed by atoms with Crippen LogP contribution in [0.15, 0.2) is 30.9 Å². The number of Topliss-reactive ketones (excluding diaryl/α,β-unsaturated/α-hetero) is 1. The molecule has 0 N–H and O–H groups in total. The molecule has 22 heavy (non-hydrogen) atoms. The third-order valence-corrected chi connectivity index (χ3v) is 4.19. The maximum absolute atomic E-state index is 12.8. The summed E-state index contributed by atoms with van der Waals surface area (Å²) in [7, 11) is 0. The van der Waals surface area contributed by atoms with E-state index in [1.54, 1.807) is 32.0 Å². The topological polar surface area (TPSA) is 68.1 Å². The molecule has 1 fully saturated rings. The van der Waals surface area contributed by atoms with Gasteiger partial charge in [0, 0.05) is 10.7 Å². The number of hydrogen-bond donors (Lipinski definition) is 0. The van der Waals surface area contributed by atoms with Crippen molar-refractivity contribution in [3.8, 4) is 0 Å². The van der Waals surface area contributed by atoms with Crippen LogP contribution in [0, 0.1) is 12.3 Å². The van der Waals surface area contributed by atoms with Crippen molar-refractivity contribution >= 4 is 29.0 Å². The van der Waals surface area contributed by atoms with E-state index in [4.69, 9.17) is 11.6 Å². The molecule has 1 aliphatic heterocycles. The number of rotatable bonds is 2. The highest BCUT2D eigenvalue weighted by atomic mass is 35.5. The van der Waals surface area contributed by atoms with Gasteiger partial charge in [0.2, 0.25) is 5.91 Å². The van der Waals surface area contributed by atoms with Crippen molar-refractivity contribution in [3.63, 3.8) is 0 Å². The average Bonchev–Trinajstić information content (AvgIpc) is 3.02. The summed E-state index contributed by atoms with van der Waals surface area (Å²) in [5.74, 6) is -0.472. The summed E-state index contributed by atoms with van der Waals surface area (Å²) in [6.45, 7) is 5.11. The minimum atomic E-state index is -1.11. The summed E-state index contributed by atoms with van der Waals surface area (Å²) in [6, 6.07) is 5.21. The predicted molar refractivity (Wildman–Crippen MR) is 81.5 cm³/mol. The Bertz CT molecular complexity index is 755. The zero-order chi connectivity index (χ0) is 16.1.